The summed E-state index contributed by atoms with van der Waals surface area (Å²) in [4.78, 5) is 9.52. The molecular weight excluding hydrogens is 332 g/mol. The van der Waals surface area contributed by atoms with Crippen LogP contribution in [0.5, 0.6) is 11.8 Å². The first-order chi connectivity index (χ1) is 9.19. The summed E-state index contributed by atoms with van der Waals surface area (Å²) in [6.07, 6.45) is 1.53. The molecule has 0 aliphatic rings. The molecule has 6 nitrogen and oxygen atoms in total. The number of thiophene rings is 1. The van der Waals surface area contributed by atoms with Gasteiger partial charge in [-0.05, 0) is 28.1 Å². The first-order valence-corrected chi connectivity index (χ1v) is 6.96. The molecule has 0 bridgehead atoms. The summed E-state index contributed by atoms with van der Waals surface area (Å²) in [6, 6.07) is 3.63. The van der Waals surface area contributed by atoms with Gasteiger partial charge in [0.25, 0.3) is 0 Å². The van der Waals surface area contributed by atoms with Crippen molar-refractivity contribution in [1.29, 1.82) is 0 Å². The highest BCUT2D eigenvalue weighted by atomic mass is 79.9. The molecule has 2 rings (SSSR count). The minimum Gasteiger partial charge on any atom is -0.480 e. The highest BCUT2D eigenvalue weighted by molar-refractivity contribution is 9.11. The number of hydrogen-bond donors (Lipinski definition) is 2. The Morgan fingerprint density at radius 3 is 2.68 bits per heavy atom. The minimum absolute atomic E-state index is 0.287. The van der Waals surface area contributed by atoms with E-state index in [0.29, 0.717) is 17.5 Å². The van der Waals surface area contributed by atoms with E-state index in [4.69, 9.17) is 15.3 Å². The quantitative estimate of drug-likeness (QED) is 0.636. The Hall–Kier alpha value is -1.22. The molecule has 2 heterocycles. The zero-order valence-corrected chi connectivity index (χ0v) is 12.8. The summed E-state index contributed by atoms with van der Waals surface area (Å²) >= 11 is 4.99. The predicted molar refractivity (Wildman–Crippen MR) is 76.3 cm³/mol. The van der Waals surface area contributed by atoms with Crippen molar-refractivity contribution in [2.24, 2.45) is 5.84 Å². The Morgan fingerprint density at radius 1 is 1.37 bits per heavy atom. The van der Waals surface area contributed by atoms with Crippen LogP contribution in [0.3, 0.4) is 0 Å². The Balaban J connectivity index is 2.43. The Labute approximate surface area is 123 Å². The van der Waals surface area contributed by atoms with Gasteiger partial charge in [-0.15, -0.1) is 11.3 Å². The molecule has 1 unspecified atom stereocenters. The summed E-state index contributed by atoms with van der Waals surface area (Å²) < 4.78 is 11.3. The first kappa shape index (κ1) is 14.2. The second-order valence-corrected chi connectivity index (χ2v) is 6.04. The van der Waals surface area contributed by atoms with Gasteiger partial charge in [0.2, 0.25) is 11.8 Å². The highest BCUT2D eigenvalue weighted by Crippen LogP contribution is 2.33. The molecule has 3 N–H and O–H groups in total. The molecule has 0 saturated carbocycles. The zero-order chi connectivity index (χ0) is 13.8. The number of hydrogen-bond acceptors (Lipinski definition) is 7. The van der Waals surface area contributed by atoms with Crippen LogP contribution in [0.2, 0.25) is 0 Å². The number of halogens is 1. The topological polar surface area (TPSA) is 82.3 Å². The van der Waals surface area contributed by atoms with Gasteiger partial charge in [-0.25, -0.2) is 10.4 Å². The van der Waals surface area contributed by atoms with Crippen LogP contribution in [0.15, 0.2) is 22.1 Å². The van der Waals surface area contributed by atoms with Crippen LogP contribution in [-0.4, -0.2) is 24.2 Å². The van der Waals surface area contributed by atoms with Crippen molar-refractivity contribution in [2.45, 2.75) is 6.04 Å². The largest absolute Gasteiger partial charge is 0.480 e. The van der Waals surface area contributed by atoms with Crippen LogP contribution in [0.4, 0.5) is 0 Å². The van der Waals surface area contributed by atoms with E-state index in [-0.39, 0.29) is 6.04 Å². The molecule has 2 aromatic heterocycles. The maximum Gasteiger partial charge on any atom is 0.240 e. The molecule has 8 heteroatoms. The molecule has 0 aliphatic heterocycles. The van der Waals surface area contributed by atoms with Crippen molar-refractivity contribution < 1.29 is 9.47 Å². The van der Waals surface area contributed by atoms with Gasteiger partial charge in [0, 0.05) is 4.88 Å². The third-order valence-electron chi connectivity index (χ3n) is 2.47. The van der Waals surface area contributed by atoms with E-state index in [1.165, 1.54) is 20.4 Å². The van der Waals surface area contributed by atoms with Crippen molar-refractivity contribution in [2.75, 3.05) is 14.2 Å². The van der Waals surface area contributed by atoms with Crippen molar-refractivity contribution in [3.63, 3.8) is 0 Å². The molecule has 0 radical (unpaired) electrons. The molecule has 1 atom stereocenters. The molecule has 0 amide bonds. The normalized spacial score (nSPS) is 12.2. The Morgan fingerprint density at radius 2 is 2.16 bits per heavy atom. The lowest BCUT2D eigenvalue weighted by molar-refractivity contribution is 0.353. The minimum atomic E-state index is -0.287. The van der Waals surface area contributed by atoms with E-state index in [2.05, 4.69) is 31.3 Å². The number of rotatable bonds is 5. The van der Waals surface area contributed by atoms with Gasteiger partial charge >= 0.3 is 0 Å². The molecule has 102 valence electrons. The number of methoxy groups -OCH3 is 2. The first-order valence-electron chi connectivity index (χ1n) is 5.36. The number of aromatic nitrogens is 2. The SMILES string of the molecule is COc1cnc(C(NN)c2ccc(Br)s2)c(OC)n1. The lowest BCUT2D eigenvalue weighted by Crippen LogP contribution is -2.29. The van der Waals surface area contributed by atoms with Crippen LogP contribution in [0, 0.1) is 0 Å². The van der Waals surface area contributed by atoms with Gasteiger partial charge in [0.1, 0.15) is 11.7 Å². The molecule has 2 aromatic rings. The third-order valence-corrected chi connectivity index (χ3v) is 4.15. The average molecular weight is 345 g/mol. The zero-order valence-electron chi connectivity index (χ0n) is 10.4. The maximum atomic E-state index is 5.63. The van der Waals surface area contributed by atoms with Gasteiger partial charge in [-0.2, -0.15) is 4.98 Å². The van der Waals surface area contributed by atoms with Crippen LogP contribution < -0.4 is 20.7 Å². The fourth-order valence-electron chi connectivity index (χ4n) is 1.59. The molecule has 0 fully saturated rings. The van der Waals surface area contributed by atoms with Gasteiger partial charge < -0.3 is 9.47 Å². The smallest absolute Gasteiger partial charge is 0.240 e. The van der Waals surface area contributed by atoms with Gasteiger partial charge in [0.05, 0.1) is 24.2 Å². The summed E-state index contributed by atoms with van der Waals surface area (Å²) in [5.41, 5.74) is 3.34. The number of nitrogens with zero attached hydrogens (tertiary/aromatic N) is 2. The van der Waals surface area contributed by atoms with Crippen molar-refractivity contribution in [3.8, 4) is 11.8 Å². The number of nitrogens with two attached hydrogens (primary N) is 1. The van der Waals surface area contributed by atoms with Crippen molar-refractivity contribution in [3.05, 3.63) is 32.7 Å². The fraction of sp³-hybridized carbons (Fsp3) is 0.273. The average Bonchev–Trinajstić information content (AvgIpc) is 2.86. The van der Waals surface area contributed by atoms with E-state index < -0.39 is 0 Å². The van der Waals surface area contributed by atoms with Gasteiger partial charge in [-0.3, -0.25) is 5.84 Å². The Kier molecular flexibility index (Phi) is 4.70. The van der Waals surface area contributed by atoms with E-state index in [1.807, 2.05) is 12.1 Å². The lowest BCUT2D eigenvalue weighted by Gasteiger charge is -2.16. The van der Waals surface area contributed by atoms with E-state index in [1.54, 1.807) is 11.3 Å². The summed E-state index contributed by atoms with van der Waals surface area (Å²) in [5.74, 6) is 6.40. The number of ether oxygens (including phenoxy) is 2. The summed E-state index contributed by atoms with van der Waals surface area (Å²) in [5, 5.41) is 0. The fourth-order valence-corrected chi connectivity index (χ4v) is 3.08. The van der Waals surface area contributed by atoms with Crippen molar-refractivity contribution >= 4 is 27.3 Å². The standard InChI is InChI=1S/C11H13BrN4O2S/c1-17-8-5-14-10(11(15-8)18-2)9(16-13)6-3-4-7(12)19-6/h3-5,9,16H,13H2,1-2H3. The molecule has 0 aromatic carbocycles. The number of hydrazine groups is 1. The second kappa shape index (κ2) is 6.29. The molecule has 19 heavy (non-hydrogen) atoms. The lowest BCUT2D eigenvalue weighted by atomic mass is 10.2. The van der Waals surface area contributed by atoms with Crippen LogP contribution in [-0.2, 0) is 0 Å². The molecular formula is C11H13BrN4O2S. The highest BCUT2D eigenvalue weighted by Gasteiger charge is 2.22. The maximum absolute atomic E-state index is 5.63. The van der Waals surface area contributed by atoms with Crippen LogP contribution in [0.25, 0.3) is 0 Å². The van der Waals surface area contributed by atoms with Gasteiger partial charge in [-0.1, -0.05) is 0 Å². The van der Waals surface area contributed by atoms with Crippen LogP contribution in [0.1, 0.15) is 16.6 Å². The predicted octanol–water partition coefficient (Wildman–Crippen LogP) is 1.87. The van der Waals surface area contributed by atoms with E-state index in [9.17, 15) is 0 Å². The summed E-state index contributed by atoms with van der Waals surface area (Å²) in [7, 11) is 3.06. The van der Waals surface area contributed by atoms with E-state index in [0.717, 1.165) is 8.66 Å². The van der Waals surface area contributed by atoms with Gasteiger partial charge in [0.15, 0.2) is 0 Å². The monoisotopic (exact) mass is 344 g/mol. The molecule has 0 saturated heterocycles. The second-order valence-electron chi connectivity index (χ2n) is 3.55. The molecule has 0 aliphatic carbocycles. The van der Waals surface area contributed by atoms with E-state index >= 15 is 0 Å². The van der Waals surface area contributed by atoms with Crippen LogP contribution >= 0.6 is 27.3 Å². The Bertz CT molecular complexity index is 563. The number of nitrogens with one attached hydrogen (secondary N) is 1. The molecule has 0 spiro atoms. The third kappa shape index (κ3) is 3.03. The van der Waals surface area contributed by atoms with Crippen molar-refractivity contribution in [1.82, 2.24) is 15.4 Å². The summed E-state index contributed by atoms with van der Waals surface area (Å²) in [6.45, 7) is 0.